The Balaban J connectivity index is 2.33. The Morgan fingerprint density at radius 3 is 2.94 bits per heavy atom. The van der Waals surface area contributed by atoms with Crippen molar-refractivity contribution in [2.45, 2.75) is 45.1 Å². The van der Waals surface area contributed by atoms with Crippen molar-refractivity contribution < 1.29 is 9.90 Å². The number of hydrogen-bond acceptors (Lipinski definition) is 4. The monoisotopic (exact) mass is 254 g/mol. The Morgan fingerprint density at radius 1 is 1.65 bits per heavy atom. The summed E-state index contributed by atoms with van der Waals surface area (Å²) in [5.74, 6) is -0.717. The first-order valence-corrected chi connectivity index (χ1v) is 6.97. The van der Waals surface area contributed by atoms with E-state index in [1.165, 1.54) is 0 Å². The molecule has 0 spiro atoms. The van der Waals surface area contributed by atoms with Crippen LogP contribution in [-0.2, 0) is 11.2 Å². The number of thiazole rings is 1. The first-order chi connectivity index (χ1) is 8.14. The number of nitrogens with zero attached hydrogens (tertiary/aromatic N) is 2. The predicted molar refractivity (Wildman–Crippen MR) is 68.7 cm³/mol. The molecule has 1 N–H and O–H groups in total. The maximum Gasteiger partial charge on any atom is 0.329 e. The molecule has 4 nitrogen and oxygen atoms in total. The van der Waals surface area contributed by atoms with E-state index in [-0.39, 0.29) is 0 Å². The topological polar surface area (TPSA) is 53.4 Å². The molecule has 17 heavy (non-hydrogen) atoms. The van der Waals surface area contributed by atoms with Gasteiger partial charge in [-0.05, 0) is 25.7 Å². The molecule has 2 rings (SSSR count). The highest BCUT2D eigenvalue weighted by molar-refractivity contribution is 7.13. The summed E-state index contributed by atoms with van der Waals surface area (Å²) >= 11 is 1.56. The molecule has 0 bridgehead atoms. The van der Waals surface area contributed by atoms with Gasteiger partial charge in [0.2, 0.25) is 0 Å². The standard InChI is InChI=1S/C12H18N2O2S/c1-3-9-8-17-11(13-9)14-7-5-6-12(14,4-2)10(15)16/h8H,3-7H2,1-2H3,(H,15,16). The van der Waals surface area contributed by atoms with Gasteiger partial charge in [-0.25, -0.2) is 9.78 Å². The van der Waals surface area contributed by atoms with Crippen molar-refractivity contribution >= 4 is 22.4 Å². The normalized spacial score (nSPS) is 24.2. The molecule has 1 aliphatic heterocycles. The predicted octanol–water partition coefficient (Wildman–Crippen LogP) is 2.54. The lowest BCUT2D eigenvalue weighted by molar-refractivity contribution is -0.143. The maximum absolute atomic E-state index is 11.5. The van der Waals surface area contributed by atoms with Crippen LogP contribution in [0.15, 0.2) is 5.38 Å². The molecule has 2 heterocycles. The van der Waals surface area contributed by atoms with Gasteiger partial charge in [-0.15, -0.1) is 11.3 Å². The van der Waals surface area contributed by atoms with E-state index in [0.717, 1.165) is 36.6 Å². The van der Waals surface area contributed by atoms with Crippen LogP contribution in [0.4, 0.5) is 5.13 Å². The highest BCUT2D eigenvalue weighted by Crippen LogP contribution is 2.38. The van der Waals surface area contributed by atoms with E-state index < -0.39 is 11.5 Å². The van der Waals surface area contributed by atoms with E-state index in [0.29, 0.717) is 6.42 Å². The van der Waals surface area contributed by atoms with Crippen molar-refractivity contribution in [1.29, 1.82) is 0 Å². The van der Waals surface area contributed by atoms with E-state index in [1.807, 2.05) is 17.2 Å². The van der Waals surface area contributed by atoms with Crippen LogP contribution in [0.5, 0.6) is 0 Å². The Bertz CT molecular complexity index is 418. The number of anilines is 1. The minimum absolute atomic E-state index is 0.628. The van der Waals surface area contributed by atoms with Gasteiger partial charge in [0.15, 0.2) is 5.13 Å². The highest BCUT2D eigenvalue weighted by atomic mass is 32.1. The van der Waals surface area contributed by atoms with Crippen molar-refractivity contribution in [2.75, 3.05) is 11.4 Å². The molecule has 1 saturated heterocycles. The summed E-state index contributed by atoms with van der Waals surface area (Å²) in [5, 5.41) is 12.4. The first-order valence-electron chi connectivity index (χ1n) is 6.09. The largest absolute Gasteiger partial charge is 0.479 e. The van der Waals surface area contributed by atoms with Crippen molar-refractivity contribution in [2.24, 2.45) is 0 Å². The molecule has 1 aromatic rings. The van der Waals surface area contributed by atoms with Gasteiger partial charge >= 0.3 is 5.97 Å². The van der Waals surface area contributed by atoms with E-state index >= 15 is 0 Å². The molecule has 1 unspecified atom stereocenters. The number of aliphatic carboxylic acids is 1. The fourth-order valence-corrected chi connectivity index (χ4v) is 3.51. The van der Waals surface area contributed by atoms with Gasteiger partial charge in [0, 0.05) is 11.9 Å². The Labute approximate surface area is 105 Å². The van der Waals surface area contributed by atoms with Crippen LogP contribution in [0, 0.1) is 0 Å². The Hall–Kier alpha value is -1.10. The number of carboxylic acid groups (broad SMARTS) is 1. The summed E-state index contributed by atoms with van der Waals surface area (Å²) in [6, 6.07) is 0. The quantitative estimate of drug-likeness (QED) is 0.897. The zero-order chi connectivity index (χ0) is 12.5. The van der Waals surface area contributed by atoms with Crippen LogP contribution in [0.3, 0.4) is 0 Å². The van der Waals surface area contributed by atoms with Gasteiger partial charge in [-0.1, -0.05) is 13.8 Å². The molecule has 5 heteroatoms. The molecule has 1 fully saturated rings. The third kappa shape index (κ3) is 1.92. The number of rotatable bonds is 4. The van der Waals surface area contributed by atoms with Gasteiger partial charge in [0.05, 0.1) is 5.69 Å². The van der Waals surface area contributed by atoms with E-state index in [4.69, 9.17) is 0 Å². The van der Waals surface area contributed by atoms with Gasteiger partial charge in [0.25, 0.3) is 0 Å². The lowest BCUT2D eigenvalue weighted by atomic mass is 9.93. The molecule has 1 aromatic heterocycles. The molecular weight excluding hydrogens is 236 g/mol. The van der Waals surface area contributed by atoms with Gasteiger partial charge in [-0.2, -0.15) is 0 Å². The average Bonchev–Trinajstić information content (AvgIpc) is 2.95. The molecule has 0 aliphatic carbocycles. The molecule has 0 radical (unpaired) electrons. The summed E-state index contributed by atoms with van der Waals surface area (Å²) < 4.78 is 0. The second-order valence-electron chi connectivity index (χ2n) is 4.42. The number of carbonyl (C=O) groups is 1. The minimum atomic E-state index is -0.733. The van der Waals surface area contributed by atoms with Crippen LogP contribution in [-0.4, -0.2) is 28.1 Å². The maximum atomic E-state index is 11.5. The molecule has 94 valence electrons. The molecule has 0 amide bonds. The average molecular weight is 254 g/mol. The molecule has 1 aliphatic rings. The lowest BCUT2D eigenvalue weighted by Gasteiger charge is -2.33. The number of carboxylic acids is 1. The third-order valence-electron chi connectivity index (χ3n) is 3.60. The van der Waals surface area contributed by atoms with Crippen molar-refractivity contribution in [3.05, 3.63) is 11.1 Å². The van der Waals surface area contributed by atoms with Crippen LogP contribution in [0.1, 0.15) is 38.8 Å². The highest BCUT2D eigenvalue weighted by Gasteiger charge is 2.47. The second kappa shape index (κ2) is 4.64. The summed E-state index contributed by atoms with van der Waals surface area (Å²) in [6.45, 7) is 4.81. The molecule has 0 saturated carbocycles. The van der Waals surface area contributed by atoms with Crippen molar-refractivity contribution in [3.8, 4) is 0 Å². The summed E-state index contributed by atoms with van der Waals surface area (Å²) in [6.07, 6.45) is 3.18. The van der Waals surface area contributed by atoms with Crippen LogP contribution in [0.25, 0.3) is 0 Å². The van der Waals surface area contributed by atoms with Gasteiger partial charge in [-0.3, -0.25) is 0 Å². The lowest BCUT2D eigenvalue weighted by Crippen LogP contribution is -2.50. The summed E-state index contributed by atoms with van der Waals surface area (Å²) in [4.78, 5) is 18.1. The van der Waals surface area contributed by atoms with E-state index in [2.05, 4.69) is 11.9 Å². The van der Waals surface area contributed by atoms with Crippen LogP contribution >= 0.6 is 11.3 Å². The molecular formula is C12H18N2O2S. The first kappa shape index (κ1) is 12.4. The number of aromatic nitrogens is 1. The van der Waals surface area contributed by atoms with E-state index in [1.54, 1.807) is 11.3 Å². The van der Waals surface area contributed by atoms with Crippen LogP contribution < -0.4 is 4.90 Å². The minimum Gasteiger partial charge on any atom is -0.479 e. The number of aryl methyl sites for hydroxylation is 1. The molecule has 1 atom stereocenters. The summed E-state index contributed by atoms with van der Waals surface area (Å²) in [5.41, 5.74) is 0.315. The second-order valence-corrected chi connectivity index (χ2v) is 5.26. The van der Waals surface area contributed by atoms with Crippen molar-refractivity contribution in [3.63, 3.8) is 0 Å². The SMILES string of the molecule is CCc1csc(N2CCCC2(CC)C(=O)O)n1. The van der Waals surface area contributed by atoms with Gasteiger partial charge in [0.1, 0.15) is 5.54 Å². The zero-order valence-corrected chi connectivity index (χ0v) is 11.1. The van der Waals surface area contributed by atoms with Crippen molar-refractivity contribution in [1.82, 2.24) is 4.98 Å². The molecule has 0 aromatic carbocycles. The van der Waals surface area contributed by atoms with Crippen LogP contribution in [0.2, 0.25) is 0 Å². The fourth-order valence-electron chi connectivity index (χ4n) is 2.48. The van der Waals surface area contributed by atoms with E-state index in [9.17, 15) is 9.90 Å². The summed E-state index contributed by atoms with van der Waals surface area (Å²) in [7, 11) is 0. The Kier molecular flexibility index (Phi) is 3.38. The smallest absolute Gasteiger partial charge is 0.329 e. The Morgan fingerprint density at radius 2 is 2.41 bits per heavy atom. The third-order valence-corrected chi connectivity index (χ3v) is 4.52. The number of hydrogen-bond donors (Lipinski definition) is 1. The zero-order valence-electron chi connectivity index (χ0n) is 10.3. The van der Waals surface area contributed by atoms with Gasteiger partial charge < -0.3 is 10.0 Å². The fraction of sp³-hybridized carbons (Fsp3) is 0.667.